The lowest BCUT2D eigenvalue weighted by Crippen LogP contribution is -2.55. The molecule has 0 saturated heterocycles. The Morgan fingerprint density at radius 1 is 1.24 bits per heavy atom. The van der Waals surface area contributed by atoms with E-state index in [2.05, 4.69) is 15.6 Å². The number of amides is 4. The zero-order valence-electron chi connectivity index (χ0n) is 20.1. The lowest BCUT2D eigenvalue weighted by atomic mass is 10.1. The number of aliphatic hydroxyl groups excluding tert-OH is 1. The van der Waals surface area contributed by atoms with Crippen molar-refractivity contribution in [2.24, 2.45) is 0 Å². The molecule has 38 heavy (non-hydrogen) atoms. The minimum Gasteiger partial charge on any atom is -0.492 e. The van der Waals surface area contributed by atoms with Crippen LogP contribution < -0.4 is 20.4 Å². The largest absolute Gasteiger partial charge is 0.492 e. The maximum absolute atomic E-state index is 13.6. The van der Waals surface area contributed by atoms with Crippen molar-refractivity contribution in [1.82, 2.24) is 15.6 Å². The Hall–Kier alpha value is -4.36. The standard InChI is InChI=1S/C24H24ClN5O8/c1-13(33)6-15(11-31)27-20(34)10-30-19-5-3-2-4-18(19)29(21(35)12-32)9-17(24(30)38)28-22(36)14-7-16(25)23(37)26-8-14/h2-5,7-8,11,15,17,32H,6,9-10,12H2,1H3,(H,26,37)(H,27,34)(H,28,36)/t15-,17-/m0/s1. The van der Waals surface area contributed by atoms with Crippen molar-refractivity contribution in [1.29, 1.82) is 0 Å². The number of benzene rings is 1. The quantitative estimate of drug-likeness (QED) is 0.303. The van der Waals surface area contributed by atoms with Crippen molar-refractivity contribution in [2.45, 2.75) is 25.4 Å². The highest BCUT2D eigenvalue weighted by atomic mass is 35.5. The Morgan fingerprint density at radius 2 is 1.92 bits per heavy atom. The van der Waals surface area contributed by atoms with Crippen LogP contribution in [-0.4, -0.2) is 82.7 Å². The third-order valence-electron chi connectivity index (χ3n) is 5.54. The summed E-state index contributed by atoms with van der Waals surface area (Å²) in [5.74, 6) is -3.96. The van der Waals surface area contributed by atoms with Gasteiger partial charge in [0.15, 0.2) is 0 Å². The van der Waals surface area contributed by atoms with Crippen LogP contribution in [-0.2, 0) is 24.0 Å². The molecule has 2 aromatic rings. The number of nitrogens with zero attached hydrogens (tertiary/aromatic N) is 3. The molecule has 1 aliphatic rings. The van der Waals surface area contributed by atoms with Crippen LogP contribution in [0.15, 0.2) is 36.5 Å². The number of para-hydroxylation sites is 2. The van der Waals surface area contributed by atoms with E-state index in [0.29, 0.717) is 6.29 Å². The molecule has 1 aromatic heterocycles. The summed E-state index contributed by atoms with van der Waals surface area (Å²) in [6, 6.07) is 4.74. The molecule has 13 nitrogen and oxygen atoms in total. The number of rotatable bonds is 9. The molecule has 1 aliphatic heterocycles. The number of aldehydes is 1. The maximum Gasteiger partial charge on any atom is 0.253 e. The van der Waals surface area contributed by atoms with E-state index >= 15 is 0 Å². The normalized spacial score (nSPS) is 15.7. The second-order valence-corrected chi connectivity index (χ2v) is 8.75. The molecule has 0 fully saturated rings. The van der Waals surface area contributed by atoms with Crippen molar-refractivity contribution in [3.8, 4) is 5.88 Å². The molecule has 4 N–H and O–H groups in total. The molecule has 0 unspecified atom stereocenters. The minimum atomic E-state index is -1.40. The van der Waals surface area contributed by atoms with Gasteiger partial charge in [-0.3, -0.25) is 28.9 Å². The summed E-state index contributed by atoms with van der Waals surface area (Å²) in [6.45, 7) is -0.640. The van der Waals surface area contributed by atoms with Gasteiger partial charge in [0, 0.05) is 12.6 Å². The number of aromatic nitrogens is 1. The lowest BCUT2D eigenvalue weighted by molar-refractivity contribution is -0.127. The second kappa shape index (κ2) is 12.3. The number of aromatic hydroxyl groups is 1. The highest BCUT2D eigenvalue weighted by Crippen LogP contribution is 2.33. The highest BCUT2D eigenvalue weighted by Gasteiger charge is 2.37. The second-order valence-electron chi connectivity index (χ2n) is 8.35. The molecule has 0 spiro atoms. The summed E-state index contributed by atoms with van der Waals surface area (Å²) >= 11 is 5.83. The molecule has 2 heterocycles. The molecule has 0 radical (unpaired) electrons. The number of hydrogen-bond acceptors (Lipinski definition) is 9. The molecule has 2 atom stereocenters. The number of pyridine rings is 1. The van der Waals surface area contributed by atoms with Gasteiger partial charge in [-0.2, -0.15) is 0 Å². The summed E-state index contributed by atoms with van der Waals surface area (Å²) < 4.78 is 0. The van der Waals surface area contributed by atoms with Crippen LogP contribution >= 0.6 is 11.6 Å². The maximum atomic E-state index is 13.6. The van der Waals surface area contributed by atoms with Crippen LogP contribution in [0.2, 0.25) is 5.02 Å². The molecular weight excluding hydrogens is 522 g/mol. The zero-order valence-corrected chi connectivity index (χ0v) is 20.8. The van der Waals surface area contributed by atoms with E-state index in [1.54, 1.807) is 12.1 Å². The van der Waals surface area contributed by atoms with Crippen LogP contribution in [0.1, 0.15) is 23.7 Å². The predicted molar refractivity (Wildman–Crippen MR) is 134 cm³/mol. The van der Waals surface area contributed by atoms with Gasteiger partial charge in [-0.05, 0) is 25.1 Å². The fourth-order valence-electron chi connectivity index (χ4n) is 3.81. The number of halogens is 1. The van der Waals surface area contributed by atoms with E-state index in [4.69, 9.17) is 11.6 Å². The number of ketones is 1. The summed E-state index contributed by atoms with van der Waals surface area (Å²) in [6.07, 6.45) is 1.20. The molecule has 0 saturated carbocycles. The van der Waals surface area contributed by atoms with Gasteiger partial charge in [-0.15, -0.1) is 0 Å². The Bertz CT molecular complexity index is 1290. The summed E-state index contributed by atoms with van der Waals surface area (Å²) in [4.78, 5) is 80.4. The van der Waals surface area contributed by atoms with Crippen LogP contribution in [0.25, 0.3) is 0 Å². The number of carbonyl (C=O) groups excluding carboxylic acids is 6. The first-order chi connectivity index (χ1) is 18.0. The highest BCUT2D eigenvalue weighted by molar-refractivity contribution is 6.32. The first-order valence-electron chi connectivity index (χ1n) is 11.3. The third kappa shape index (κ3) is 6.49. The van der Waals surface area contributed by atoms with Crippen molar-refractivity contribution in [3.63, 3.8) is 0 Å². The van der Waals surface area contributed by atoms with Gasteiger partial charge in [-0.1, -0.05) is 23.7 Å². The van der Waals surface area contributed by atoms with Gasteiger partial charge in [0.25, 0.3) is 17.7 Å². The SMILES string of the molecule is CC(=O)C[C@@H](C=O)NC(=O)CN1C(=O)[C@@H](NC(=O)c2cnc(O)c(Cl)c2)CN(C(=O)CO)c2ccccc21. The van der Waals surface area contributed by atoms with E-state index in [1.807, 2.05) is 0 Å². The number of Topliss-reactive ketones (excluding diaryl/α,β-unsaturated/α-hetero) is 1. The number of aliphatic hydroxyl groups is 1. The van der Waals surface area contributed by atoms with Crippen LogP contribution in [0, 0.1) is 0 Å². The molecule has 14 heteroatoms. The topological polar surface area (TPSA) is 186 Å². The number of nitrogens with one attached hydrogen (secondary N) is 2. The Balaban J connectivity index is 1.97. The van der Waals surface area contributed by atoms with E-state index in [0.717, 1.165) is 22.1 Å². The van der Waals surface area contributed by atoms with E-state index < -0.39 is 54.7 Å². The van der Waals surface area contributed by atoms with Crippen LogP contribution in [0.4, 0.5) is 11.4 Å². The van der Waals surface area contributed by atoms with Gasteiger partial charge in [0.1, 0.15) is 36.3 Å². The number of carbonyl (C=O) groups is 6. The van der Waals surface area contributed by atoms with E-state index in [1.165, 1.54) is 19.1 Å². The average Bonchev–Trinajstić information content (AvgIpc) is 2.99. The van der Waals surface area contributed by atoms with Gasteiger partial charge in [0.05, 0.1) is 29.5 Å². The summed E-state index contributed by atoms with van der Waals surface area (Å²) in [5.41, 5.74) is 0.231. The Kier molecular flexibility index (Phi) is 9.10. The first-order valence-corrected chi connectivity index (χ1v) is 11.6. The zero-order chi connectivity index (χ0) is 28.0. The first kappa shape index (κ1) is 28.2. The fourth-order valence-corrected chi connectivity index (χ4v) is 3.98. The molecule has 1 aromatic carbocycles. The average molecular weight is 546 g/mol. The van der Waals surface area contributed by atoms with Crippen LogP contribution in [0.3, 0.4) is 0 Å². The third-order valence-corrected chi connectivity index (χ3v) is 5.82. The molecular formula is C24H24ClN5O8. The fraction of sp³-hybridized carbons (Fsp3) is 0.292. The molecule has 4 amide bonds. The van der Waals surface area contributed by atoms with Gasteiger partial charge < -0.3 is 30.5 Å². The predicted octanol–water partition coefficient (Wildman–Crippen LogP) is -0.426. The molecule has 0 bridgehead atoms. The number of anilines is 2. The van der Waals surface area contributed by atoms with Crippen molar-refractivity contribution < 1.29 is 39.0 Å². The lowest BCUT2D eigenvalue weighted by Gasteiger charge is -2.25. The monoisotopic (exact) mass is 545 g/mol. The summed E-state index contributed by atoms with van der Waals surface area (Å²) in [5, 5.41) is 23.7. The van der Waals surface area contributed by atoms with Gasteiger partial charge >= 0.3 is 0 Å². The van der Waals surface area contributed by atoms with Crippen molar-refractivity contribution in [3.05, 3.63) is 47.1 Å². The molecule has 0 aliphatic carbocycles. The van der Waals surface area contributed by atoms with Crippen molar-refractivity contribution >= 4 is 58.7 Å². The van der Waals surface area contributed by atoms with Gasteiger partial charge in [0.2, 0.25) is 11.8 Å². The van der Waals surface area contributed by atoms with Gasteiger partial charge in [-0.25, -0.2) is 4.98 Å². The Labute approximate surface area is 221 Å². The van der Waals surface area contributed by atoms with E-state index in [9.17, 15) is 39.0 Å². The molecule has 3 rings (SSSR count). The Morgan fingerprint density at radius 3 is 2.53 bits per heavy atom. The molecule has 200 valence electrons. The summed E-state index contributed by atoms with van der Waals surface area (Å²) in [7, 11) is 0. The number of fused-ring (bicyclic) bond motifs is 1. The van der Waals surface area contributed by atoms with E-state index in [-0.39, 0.29) is 40.7 Å². The minimum absolute atomic E-state index is 0.0928. The smallest absolute Gasteiger partial charge is 0.253 e. The van der Waals surface area contributed by atoms with Crippen LogP contribution in [0.5, 0.6) is 5.88 Å². The number of hydrogen-bond donors (Lipinski definition) is 4. The van der Waals surface area contributed by atoms with Crippen molar-refractivity contribution in [2.75, 3.05) is 29.5 Å².